The third-order valence-corrected chi connectivity index (χ3v) is 4.14. The first kappa shape index (κ1) is 15.7. The van der Waals surface area contributed by atoms with Gasteiger partial charge in [-0.05, 0) is 19.3 Å². The summed E-state index contributed by atoms with van der Waals surface area (Å²) in [7, 11) is 0. The number of carboxylic acid groups (broad SMARTS) is 2. The SMILES string of the molecule is CCCCCCCC1(C(=O)O)CC=CCC1C(=O)O. The van der Waals surface area contributed by atoms with Crippen molar-refractivity contribution in [1.82, 2.24) is 0 Å². The lowest BCUT2D eigenvalue weighted by Crippen LogP contribution is -2.43. The highest BCUT2D eigenvalue weighted by Crippen LogP contribution is 2.43. The van der Waals surface area contributed by atoms with Crippen LogP contribution in [0.1, 0.15) is 58.3 Å². The molecule has 0 aromatic heterocycles. The molecule has 0 radical (unpaired) electrons. The molecule has 0 fully saturated rings. The molecule has 0 bridgehead atoms. The van der Waals surface area contributed by atoms with Crippen LogP contribution < -0.4 is 0 Å². The van der Waals surface area contributed by atoms with Gasteiger partial charge in [-0.15, -0.1) is 0 Å². The second-order valence-electron chi connectivity index (χ2n) is 5.43. The minimum absolute atomic E-state index is 0.330. The fourth-order valence-corrected chi connectivity index (χ4v) is 2.89. The van der Waals surface area contributed by atoms with Gasteiger partial charge in [-0.3, -0.25) is 9.59 Å². The van der Waals surface area contributed by atoms with Gasteiger partial charge < -0.3 is 10.2 Å². The van der Waals surface area contributed by atoms with E-state index in [9.17, 15) is 19.8 Å². The molecule has 0 aliphatic heterocycles. The number of rotatable bonds is 8. The van der Waals surface area contributed by atoms with Gasteiger partial charge in [0.1, 0.15) is 0 Å². The zero-order chi connectivity index (χ0) is 14.3. The Bertz CT molecular complexity index is 348. The molecule has 4 nitrogen and oxygen atoms in total. The summed E-state index contributed by atoms with van der Waals surface area (Å²) in [6.45, 7) is 2.13. The molecule has 108 valence electrons. The molecule has 0 saturated heterocycles. The van der Waals surface area contributed by atoms with Crippen LogP contribution >= 0.6 is 0 Å². The number of allylic oxidation sites excluding steroid dienone is 2. The van der Waals surface area contributed by atoms with Crippen molar-refractivity contribution in [3.8, 4) is 0 Å². The molecule has 0 spiro atoms. The fourth-order valence-electron chi connectivity index (χ4n) is 2.89. The standard InChI is InChI=1S/C15H24O4/c1-2-3-4-5-7-10-15(14(18)19)11-8-6-9-12(15)13(16)17/h6,8,12H,2-5,7,9-11H2,1H3,(H,16,17)(H,18,19). The van der Waals surface area contributed by atoms with Crippen LogP contribution in [-0.2, 0) is 9.59 Å². The Morgan fingerprint density at radius 2 is 1.84 bits per heavy atom. The van der Waals surface area contributed by atoms with Crippen LogP contribution in [0.4, 0.5) is 0 Å². The predicted octanol–water partition coefficient (Wildman–Crippen LogP) is 3.47. The number of carboxylic acids is 2. The summed E-state index contributed by atoms with van der Waals surface area (Å²) < 4.78 is 0. The molecule has 1 aliphatic carbocycles. The molecule has 2 unspecified atom stereocenters. The van der Waals surface area contributed by atoms with Crippen molar-refractivity contribution in [2.45, 2.75) is 58.3 Å². The summed E-state index contributed by atoms with van der Waals surface area (Å²) >= 11 is 0. The molecule has 0 saturated carbocycles. The van der Waals surface area contributed by atoms with Gasteiger partial charge in [-0.2, -0.15) is 0 Å². The van der Waals surface area contributed by atoms with E-state index < -0.39 is 23.3 Å². The van der Waals surface area contributed by atoms with E-state index in [4.69, 9.17) is 0 Å². The van der Waals surface area contributed by atoms with Crippen molar-refractivity contribution >= 4 is 11.9 Å². The minimum atomic E-state index is -1.10. The second-order valence-corrected chi connectivity index (χ2v) is 5.43. The topological polar surface area (TPSA) is 74.6 Å². The van der Waals surface area contributed by atoms with Gasteiger partial charge in [0.25, 0.3) is 0 Å². The van der Waals surface area contributed by atoms with Gasteiger partial charge in [0.05, 0.1) is 11.3 Å². The average molecular weight is 268 g/mol. The zero-order valence-corrected chi connectivity index (χ0v) is 11.6. The smallest absolute Gasteiger partial charge is 0.310 e. The summed E-state index contributed by atoms with van der Waals surface area (Å²) in [4.78, 5) is 22.9. The van der Waals surface area contributed by atoms with Crippen LogP contribution in [-0.4, -0.2) is 22.2 Å². The first-order valence-corrected chi connectivity index (χ1v) is 7.16. The van der Waals surface area contributed by atoms with E-state index in [1.165, 1.54) is 0 Å². The second kappa shape index (κ2) is 7.31. The summed E-state index contributed by atoms with van der Waals surface area (Å²) in [5.74, 6) is -2.73. The van der Waals surface area contributed by atoms with Gasteiger partial charge in [0, 0.05) is 0 Å². The molecule has 0 amide bonds. The average Bonchev–Trinajstić information content (AvgIpc) is 2.38. The van der Waals surface area contributed by atoms with Crippen LogP contribution in [0.5, 0.6) is 0 Å². The molecular weight excluding hydrogens is 244 g/mol. The van der Waals surface area contributed by atoms with E-state index in [0.717, 1.165) is 32.1 Å². The molecule has 0 aromatic rings. The van der Waals surface area contributed by atoms with Crippen molar-refractivity contribution in [2.75, 3.05) is 0 Å². The Labute approximate surface area is 114 Å². The van der Waals surface area contributed by atoms with Gasteiger partial charge in [-0.1, -0.05) is 51.2 Å². The van der Waals surface area contributed by atoms with Gasteiger partial charge in [0.15, 0.2) is 0 Å². The molecule has 0 aromatic carbocycles. The van der Waals surface area contributed by atoms with Gasteiger partial charge in [0.2, 0.25) is 0 Å². The maximum Gasteiger partial charge on any atom is 0.310 e. The molecule has 4 heteroatoms. The monoisotopic (exact) mass is 268 g/mol. The Morgan fingerprint density at radius 1 is 1.16 bits per heavy atom. The van der Waals surface area contributed by atoms with Crippen molar-refractivity contribution in [3.63, 3.8) is 0 Å². The number of hydrogen-bond acceptors (Lipinski definition) is 2. The van der Waals surface area contributed by atoms with Crippen molar-refractivity contribution in [2.24, 2.45) is 11.3 Å². The number of aliphatic carboxylic acids is 2. The lowest BCUT2D eigenvalue weighted by atomic mass is 9.66. The molecule has 19 heavy (non-hydrogen) atoms. The molecular formula is C15H24O4. The molecule has 2 atom stereocenters. The van der Waals surface area contributed by atoms with Crippen LogP contribution in [0.25, 0.3) is 0 Å². The Morgan fingerprint density at radius 3 is 2.42 bits per heavy atom. The largest absolute Gasteiger partial charge is 0.481 e. The fraction of sp³-hybridized carbons (Fsp3) is 0.733. The lowest BCUT2D eigenvalue weighted by Gasteiger charge is -2.36. The van der Waals surface area contributed by atoms with Crippen molar-refractivity contribution < 1.29 is 19.8 Å². The summed E-state index contributed by atoms with van der Waals surface area (Å²) in [5.41, 5.74) is -1.10. The third-order valence-electron chi connectivity index (χ3n) is 4.14. The Hall–Kier alpha value is -1.32. The van der Waals surface area contributed by atoms with Crippen LogP contribution in [0.15, 0.2) is 12.2 Å². The Balaban J connectivity index is 2.69. The first-order valence-electron chi connectivity index (χ1n) is 7.16. The Kier molecular flexibility index (Phi) is 6.06. The van der Waals surface area contributed by atoms with Crippen LogP contribution in [0, 0.1) is 11.3 Å². The highest BCUT2D eigenvalue weighted by atomic mass is 16.4. The predicted molar refractivity (Wildman–Crippen MR) is 72.9 cm³/mol. The maximum atomic E-state index is 11.6. The molecule has 2 N–H and O–H groups in total. The van der Waals surface area contributed by atoms with E-state index in [1.54, 1.807) is 6.08 Å². The van der Waals surface area contributed by atoms with E-state index >= 15 is 0 Å². The lowest BCUT2D eigenvalue weighted by molar-refractivity contribution is -0.163. The van der Waals surface area contributed by atoms with E-state index in [-0.39, 0.29) is 0 Å². The molecule has 1 aliphatic rings. The summed E-state index contributed by atoms with van der Waals surface area (Å²) in [6, 6.07) is 0. The minimum Gasteiger partial charge on any atom is -0.481 e. The van der Waals surface area contributed by atoms with Crippen LogP contribution in [0.3, 0.4) is 0 Å². The third kappa shape index (κ3) is 3.82. The van der Waals surface area contributed by atoms with Crippen molar-refractivity contribution in [1.29, 1.82) is 0 Å². The molecule has 0 heterocycles. The highest BCUT2D eigenvalue weighted by molar-refractivity contribution is 5.84. The maximum absolute atomic E-state index is 11.6. The van der Waals surface area contributed by atoms with E-state index in [2.05, 4.69) is 6.92 Å². The quantitative estimate of drug-likeness (QED) is 0.522. The number of carbonyl (C=O) groups is 2. The molecule has 1 rings (SSSR count). The van der Waals surface area contributed by atoms with Gasteiger partial charge >= 0.3 is 11.9 Å². The normalized spacial score (nSPS) is 26.3. The number of unbranched alkanes of at least 4 members (excludes halogenated alkanes) is 4. The van der Waals surface area contributed by atoms with Crippen LogP contribution in [0.2, 0.25) is 0 Å². The highest BCUT2D eigenvalue weighted by Gasteiger charge is 2.48. The van der Waals surface area contributed by atoms with Crippen molar-refractivity contribution in [3.05, 3.63) is 12.2 Å². The number of hydrogen-bond donors (Lipinski definition) is 2. The van der Waals surface area contributed by atoms with E-state index in [0.29, 0.717) is 19.3 Å². The summed E-state index contributed by atoms with van der Waals surface area (Å²) in [6.07, 6.45) is 9.92. The summed E-state index contributed by atoms with van der Waals surface area (Å²) in [5, 5.41) is 18.8. The first-order chi connectivity index (χ1) is 9.04. The zero-order valence-electron chi connectivity index (χ0n) is 11.6. The van der Waals surface area contributed by atoms with E-state index in [1.807, 2.05) is 6.08 Å². The van der Waals surface area contributed by atoms with Gasteiger partial charge in [-0.25, -0.2) is 0 Å².